The van der Waals surface area contributed by atoms with Crippen LogP contribution in [0.1, 0.15) is 5.56 Å². The van der Waals surface area contributed by atoms with Crippen molar-refractivity contribution in [3.63, 3.8) is 0 Å². The number of fused-ring (bicyclic) bond motifs is 1. The Morgan fingerprint density at radius 1 is 1.33 bits per heavy atom. The molecule has 3 aromatic heterocycles. The van der Waals surface area contributed by atoms with Gasteiger partial charge in [0, 0.05) is 28.2 Å². The second-order valence-electron chi connectivity index (χ2n) is 3.56. The zero-order valence-corrected chi connectivity index (χ0v) is 9.14. The van der Waals surface area contributed by atoms with Crippen LogP contribution in [0.5, 0.6) is 0 Å². The minimum atomic E-state index is 1.10. The molecule has 3 heterocycles. The van der Waals surface area contributed by atoms with E-state index in [1.165, 1.54) is 21.4 Å². The number of hydrogen-bond acceptors (Lipinski definition) is 2. The zero-order chi connectivity index (χ0) is 10.3. The lowest BCUT2D eigenvalue weighted by Crippen LogP contribution is -1.74. The average Bonchev–Trinajstić information content (AvgIpc) is 2.83. The number of nitrogens with one attached hydrogen (secondary N) is 1. The smallest absolute Gasteiger partial charge is 0.0647 e. The van der Waals surface area contributed by atoms with E-state index in [9.17, 15) is 0 Å². The van der Waals surface area contributed by atoms with E-state index >= 15 is 0 Å². The first-order valence-corrected chi connectivity index (χ1v) is 5.70. The standard InChI is InChI=1S/C12H10N2S/c1-8-3-5-15-12(8)10-6-14-11-7-13-4-2-9(10)11/h2-7,14H,1H3. The molecule has 2 nitrogen and oxygen atoms in total. The Labute approximate surface area is 91.6 Å². The quantitative estimate of drug-likeness (QED) is 0.658. The number of hydrogen-bond donors (Lipinski definition) is 1. The Balaban J connectivity index is 2.32. The second kappa shape index (κ2) is 3.21. The van der Waals surface area contributed by atoms with Crippen molar-refractivity contribution in [1.29, 1.82) is 0 Å². The summed E-state index contributed by atoms with van der Waals surface area (Å²) >= 11 is 1.78. The molecule has 0 fully saturated rings. The van der Waals surface area contributed by atoms with Crippen LogP contribution in [0.4, 0.5) is 0 Å². The molecule has 0 aromatic carbocycles. The summed E-state index contributed by atoms with van der Waals surface area (Å²) in [5.74, 6) is 0. The third-order valence-electron chi connectivity index (χ3n) is 2.59. The molecule has 0 aliphatic rings. The van der Waals surface area contributed by atoms with Crippen molar-refractivity contribution in [3.8, 4) is 10.4 Å². The minimum Gasteiger partial charge on any atom is -0.359 e. The molecule has 0 spiro atoms. The molecule has 0 aliphatic heterocycles. The fraction of sp³-hybridized carbons (Fsp3) is 0.0833. The minimum absolute atomic E-state index is 1.10. The largest absolute Gasteiger partial charge is 0.359 e. The maximum absolute atomic E-state index is 4.10. The Kier molecular flexibility index (Phi) is 1.86. The maximum Gasteiger partial charge on any atom is 0.0647 e. The normalized spacial score (nSPS) is 11.0. The molecule has 0 unspecified atom stereocenters. The first kappa shape index (κ1) is 8.68. The number of nitrogens with zero attached hydrogens (tertiary/aromatic N) is 1. The topological polar surface area (TPSA) is 28.7 Å². The lowest BCUT2D eigenvalue weighted by Gasteiger charge is -1.96. The van der Waals surface area contributed by atoms with Crippen LogP contribution in [0.15, 0.2) is 36.1 Å². The summed E-state index contributed by atoms with van der Waals surface area (Å²) in [5, 5.41) is 3.38. The summed E-state index contributed by atoms with van der Waals surface area (Å²) in [6.07, 6.45) is 5.76. The van der Waals surface area contributed by atoms with Gasteiger partial charge in [0.1, 0.15) is 0 Å². The summed E-state index contributed by atoms with van der Waals surface area (Å²) in [7, 11) is 0. The summed E-state index contributed by atoms with van der Waals surface area (Å²) in [5.41, 5.74) is 3.71. The van der Waals surface area contributed by atoms with Crippen LogP contribution >= 0.6 is 11.3 Å². The highest BCUT2D eigenvalue weighted by atomic mass is 32.1. The number of rotatable bonds is 1. The molecular formula is C12H10N2S. The van der Waals surface area contributed by atoms with Gasteiger partial charge in [0.25, 0.3) is 0 Å². The van der Waals surface area contributed by atoms with Crippen LogP contribution in [0.3, 0.4) is 0 Å². The fourth-order valence-electron chi connectivity index (χ4n) is 1.81. The van der Waals surface area contributed by atoms with Crippen molar-refractivity contribution in [2.24, 2.45) is 0 Å². The van der Waals surface area contributed by atoms with Crippen LogP contribution in [0.25, 0.3) is 21.3 Å². The summed E-state index contributed by atoms with van der Waals surface area (Å²) < 4.78 is 0. The number of aromatic amines is 1. The zero-order valence-electron chi connectivity index (χ0n) is 8.32. The molecule has 3 rings (SSSR count). The molecule has 0 aliphatic carbocycles. The van der Waals surface area contributed by atoms with Gasteiger partial charge in [-0.15, -0.1) is 11.3 Å². The Hall–Kier alpha value is -1.61. The third-order valence-corrected chi connectivity index (χ3v) is 3.64. The molecule has 0 saturated heterocycles. The summed E-state index contributed by atoms with van der Waals surface area (Å²) in [4.78, 5) is 8.69. The molecule has 74 valence electrons. The van der Waals surface area contributed by atoms with Gasteiger partial charge in [-0.3, -0.25) is 4.98 Å². The average molecular weight is 214 g/mol. The van der Waals surface area contributed by atoms with Gasteiger partial charge in [-0.2, -0.15) is 0 Å². The number of H-pyrrole nitrogens is 1. The van der Waals surface area contributed by atoms with E-state index in [0.717, 1.165) is 5.52 Å². The monoisotopic (exact) mass is 214 g/mol. The fourth-order valence-corrected chi connectivity index (χ4v) is 2.77. The third kappa shape index (κ3) is 1.27. The van der Waals surface area contributed by atoms with Crippen molar-refractivity contribution in [2.45, 2.75) is 6.92 Å². The highest BCUT2D eigenvalue weighted by Crippen LogP contribution is 2.33. The Morgan fingerprint density at radius 2 is 2.27 bits per heavy atom. The second-order valence-corrected chi connectivity index (χ2v) is 4.47. The first-order chi connectivity index (χ1) is 7.36. The van der Waals surface area contributed by atoms with Crippen LogP contribution < -0.4 is 0 Å². The predicted molar refractivity (Wildman–Crippen MR) is 64.1 cm³/mol. The van der Waals surface area contributed by atoms with E-state index in [0.29, 0.717) is 0 Å². The van der Waals surface area contributed by atoms with Gasteiger partial charge in [0.05, 0.1) is 11.7 Å². The predicted octanol–water partition coefficient (Wildman–Crippen LogP) is 3.60. The lowest BCUT2D eigenvalue weighted by atomic mass is 10.1. The van der Waals surface area contributed by atoms with Crippen LogP contribution in [-0.4, -0.2) is 9.97 Å². The number of aromatic nitrogens is 2. The molecule has 3 aromatic rings. The molecule has 1 N–H and O–H groups in total. The van der Waals surface area contributed by atoms with Gasteiger partial charge in [0.15, 0.2) is 0 Å². The molecule has 3 heteroatoms. The number of thiophene rings is 1. The molecule has 0 saturated carbocycles. The van der Waals surface area contributed by atoms with Gasteiger partial charge < -0.3 is 4.98 Å². The van der Waals surface area contributed by atoms with Crippen LogP contribution in [0, 0.1) is 6.92 Å². The van der Waals surface area contributed by atoms with Crippen LogP contribution in [-0.2, 0) is 0 Å². The van der Waals surface area contributed by atoms with E-state index in [-0.39, 0.29) is 0 Å². The Morgan fingerprint density at radius 3 is 3.07 bits per heavy atom. The van der Waals surface area contributed by atoms with Crippen molar-refractivity contribution in [3.05, 3.63) is 41.7 Å². The number of aryl methyl sites for hydroxylation is 1. The summed E-state index contributed by atoms with van der Waals surface area (Å²) in [6.45, 7) is 2.14. The molecular weight excluding hydrogens is 204 g/mol. The van der Waals surface area contributed by atoms with Crippen molar-refractivity contribution in [1.82, 2.24) is 9.97 Å². The molecule has 0 bridgehead atoms. The van der Waals surface area contributed by atoms with Gasteiger partial charge in [-0.1, -0.05) is 0 Å². The van der Waals surface area contributed by atoms with Crippen molar-refractivity contribution >= 4 is 22.2 Å². The maximum atomic E-state index is 4.10. The molecule has 0 amide bonds. The van der Waals surface area contributed by atoms with Gasteiger partial charge in [0.2, 0.25) is 0 Å². The van der Waals surface area contributed by atoms with Gasteiger partial charge >= 0.3 is 0 Å². The van der Waals surface area contributed by atoms with Crippen molar-refractivity contribution < 1.29 is 0 Å². The van der Waals surface area contributed by atoms with Gasteiger partial charge in [-0.25, -0.2) is 0 Å². The Bertz CT molecular complexity index is 607. The van der Waals surface area contributed by atoms with E-state index in [2.05, 4.69) is 40.6 Å². The summed E-state index contributed by atoms with van der Waals surface area (Å²) in [6, 6.07) is 4.21. The lowest BCUT2D eigenvalue weighted by molar-refractivity contribution is 1.34. The first-order valence-electron chi connectivity index (χ1n) is 4.82. The molecule has 15 heavy (non-hydrogen) atoms. The molecule has 0 radical (unpaired) electrons. The van der Waals surface area contributed by atoms with Crippen LogP contribution in [0.2, 0.25) is 0 Å². The van der Waals surface area contributed by atoms with E-state index in [1.807, 2.05) is 12.4 Å². The number of pyridine rings is 1. The highest BCUT2D eigenvalue weighted by Gasteiger charge is 2.08. The van der Waals surface area contributed by atoms with E-state index in [4.69, 9.17) is 0 Å². The van der Waals surface area contributed by atoms with Crippen molar-refractivity contribution in [2.75, 3.05) is 0 Å². The SMILES string of the molecule is Cc1ccsc1-c1c[nH]c2cnccc12. The van der Waals surface area contributed by atoms with Gasteiger partial charge in [-0.05, 0) is 30.0 Å². The highest BCUT2D eigenvalue weighted by molar-refractivity contribution is 7.13. The van der Waals surface area contributed by atoms with E-state index in [1.54, 1.807) is 11.3 Å². The molecule has 0 atom stereocenters. The van der Waals surface area contributed by atoms with E-state index < -0.39 is 0 Å².